The summed E-state index contributed by atoms with van der Waals surface area (Å²) < 4.78 is 0. The molecule has 1 unspecified atom stereocenters. The minimum atomic E-state index is -0.346. The zero-order valence-electron chi connectivity index (χ0n) is 9.21. The molecule has 2 heterocycles. The molecule has 0 radical (unpaired) electrons. The largest absolute Gasteiger partial charge is 0.366 e. The predicted molar refractivity (Wildman–Crippen MR) is 58.9 cm³/mol. The van der Waals surface area contributed by atoms with E-state index in [2.05, 4.69) is 16.9 Å². The summed E-state index contributed by atoms with van der Waals surface area (Å²) in [6.07, 6.45) is 1.15. The highest BCUT2D eigenvalue weighted by molar-refractivity contribution is 5.94. The molecule has 4 nitrogen and oxygen atoms in total. The van der Waals surface area contributed by atoms with E-state index in [4.69, 9.17) is 5.73 Å². The summed E-state index contributed by atoms with van der Waals surface area (Å²) in [7, 11) is 2.12. The first kappa shape index (κ1) is 10.2. The Kier molecular flexibility index (Phi) is 2.52. The fraction of sp³-hybridized carbons (Fsp3) is 0.545. The topological polar surface area (TPSA) is 62.1 Å². The average Bonchev–Trinajstić information content (AvgIpc) is 2.71. The molecular formula is C11H17N3O. The summed E-state index contributed by atoms with van der Waals surface area (Å²) in [5.41, 5.74) is 7.93. The third-order valence-electron chi connectivity index (χ3n) is 3.13. The maximum Gasteiger partial charge on any atom is 0.250 e. The van der Waals surface area contributed by atoms with Crippen molar-refractivity contribution in [2.24, 2.45) is 5.73 Å². The Bertz CT molecular complexity index is 383. The van der Waals surface area contributed by atoms with Gasteiger partial charge in [-0.05, 0) is 33.0 Å². The molecule has 4 heteroatoms. The molecule has 3 N–H and O–H groups in total. The fourth-order valence-corrected chi connectivity index (χ4v) is 2.25. The molecule has 2 rings (SSSR count). The molecule has 1 amide bonds. The number of carbonyl (C=O) groups excluding carboxylic acids is 1. The Morgan fingerprint density at radius 2 is 2.40 bits per heavy atom. The molecule has 0 aromatic carbocycles. The number of H-pyrrole nitrogens is 1. The van der Waals surface area contributed by atoms with Crippen molar-refractivity contribution in [3.05, 3.63) is 23.0 Å². The van der Waals surface area contributed by atoms with Crippen LogP contribution in [-0.2, 0) is 0 Å². The van der Waals surface area contributed by atoms with Gasteiger partial charge >= 0.3 is 0 Å². The van der Waals surface area contributed by atoms with Gasteiger partial charge in [0.25, 0.3) is 5.91 Å². The molecule has 0 saturated carbocycles. The third-order valence-corrected chi connectivity index (χ3v) is 3.13. The first-order valence-corrected chi connectivity index (χ1v) is 5.25. The van der Waals surface area contributed by atoms with Crippen LogP contribution < -0.4 is 5.73 Å². The highest BCUT2D eigenvalue weighted by Crippen LogP contribution is 2.26. The molecule has 15 heavy (non-hydrogen) atoms. The van der Waals surface area contributed by atoms with Crippen LogP contribution in [-0.4, -0.2) is 35.9 Å². The number of nitrogens with two attached hydrogens (primary N) is 1. The second kappa shape index (κ2) is 3.70. The van der Waals surface area contributed by atoms with Gasteiger partial charge < -0.3 is 15.6 Å². The molecule has 1 aromatic heterocycles. The summed E-state index contributed by atoms with van der Waals surface area (Å²) in [4.78, 5) is 16.7. The van der Waals surface area contributed by atoms with E-state index in [1.165, 1.54) is 0 Å². The van der Waals surface area contributed by atoms with Gasteiger partial charge in [0.05, 0.1) is 5.56 Å². The summed E-state index contributed by atoms with van der Waals surface area (Å²) >= 11 is 0. The van der Waals surface area contributed by atoms with E-state index in [0.717, 1.165) is 30.9 Å². The highest BCUT2D eigenvalue weighted by Gasteiger charge is 2.23. The number of amides is 1. The van der Waals surface area contributed by atoms with E-state index in [9.17, 15) is 4.79 Å². The monoisotopic (exact) mass is 207 g/mol. The van der Waals surface area contributed by atoms with Gasteiger partial charge in [0.2, 0.25) is 0 Å². The molecule has 82 valence electrons. The quantitative estimate of drug-likeness (QED) is 0.755. The van der Waals surface area contributed by atoms with Crippen molar-refractivity contribution in [2.45, 2.75) is 19.3 Å². The van der Waals surface area contributed by atoms with Crippen molar-refractivity contribution in [3.8, 4) is 0 Å². The van der Waals surface area contributed by atoms with Gasteiger partial charge in [-0.1, -0.05) is 0 Å². The van der Waals surface area contributed by atoms with Crippen LogP contribution in [0.15, 0.2) is 6.07 Å². The smallest absolute Gasteiger partial charge is 0.250 e. The van der Waals surface area contributed by atoms with Crippen molar-refractivity contribution in [3.63, 3.8) is 0 Å². The summed E-state index contributed by atoms with van der Waals surface area (Å²) in [5.74, 6) is 0.170. The number of nitrogens with one attached hydrogen (secondary N) is 1. The number of aryl methyl sites for hydroxylation is 1. The van der Waals surface area contributed by atoms with E-state index in [0.29, 0.717) is 11.5 Å². The summed E-state index contributed by atoms with van der Waals surface area (Å²) in [5, 5.41) is 0. The molecule has 1 aliphatic heterocycles. The lowest BCUT2D eigenvalue weighted by molar-refractivity contribution is 0.1000. The number of hydrogen-bond acceptors (Lipinski definition) is 2. The van der Waals surface area contributed by atoms with E-state index < -0.39 is 0 Å². The number of rotatable bonds is 2. The fourth-order valence-electron chi connectivity index (χ4n) is 2.25. The molecule has 0 bridgehead atoms. The van der Waals surface area contributed by atoms with Crippen molar-refractivity contribution in [1.29, 1.82) is 0 Å². The van der Waals surface area contributed by atoms with Crippen LogP contribution in [0.3, 0.4) is 0 Å². The Labute approximate surface area is 89.5 Å². The van der Waals surface area contributed by atoms with E-state index >= 15 is 0 Å². The van der Waals surface area contributed by atoms with Crippen molar-refractivity contribution < 1.29 is 4.79 Å². The number of nitrogens with zero attached hydrogens (tertiary/aromatic N) is 1. The highest BCUT2D eigenvalue weighted by atomic mass is 16.1. The van der Waals surface area contributed by atoms with Crippen LogP contribution in [0.4, 0.5) is 0 Å². The Hall–Kier alpha value is -1.29. The Morgan fingerprint density at radius 3 is 2.87 bits per heavy atom. The molecule has 1 fully saturated rings. The van der Waals surface area contributed by atoms with Crippen LogP contribution in [0.25, 0.3) is 0 Å². The van der Waals surface area contributed by atoms with Gasteiger partial charge in [0, 0.05) is 23.9 Å². The normalized spacial score (nSPS) is 22.1. The Balaban J connectivity index is 2.23. The maximum atomic E-state index is 11.1. The predicted octanol–water partition coefficient (Wildman–Crippen LogP) is 0.841. The van der Waals surface area contributed by atoms with Crippen LogP contribution in [0.1, 0.15) is 34.1 Å². The van der Waals surface area contributed by atoms with Gasteiger partial charge in [-0.15, -0.1) is 0 Å². The van der Waals surface area contributed by atoms with E-state index in [1.807, 2.05) is 13.0 Å². The molecule has 1 saturated heterocycles. The second-order valence-corrected chi connectivity index (χ2v) is 4.38. The lowest BCUT2D eigenvalue weighted by Crippen LogP contribution is -2.13. The van der Waals surface area contributed by atoms with Crippen LogP contribution >= 0.6 is 0 Å². The lowest BCUT2D eigenvalue weighted by Gasteiger charge is -2.07. The maximum absolute atomic E-state index is 11.1. The van der Waals surface area contributed by atoms with Crippen molar-refractivity contribution in [1.82, 2.24) is 9.88 Å². The molecule has 0 aliphatic carbocycles. The first-order valence-electron chi connectivity index (χ1n) is 5.25. The molecular weight excluding hydrogens is 190 g/mol. The van der Waals surface area contributed by atoms with Crippen molar-refractivity contribution in [2.75, 3.05) is 20.1 Å². The van der Waals surface area contributed by atoms with E-state index in [-0.39, 0.29) is 5.91 Å². The number of likely N-dealkylation sites (tertiary alicyclic amines) is 1. The van der Waals surface area contributed by atoms with Crippen LogP contribution in [0, 0.1) is 6.92 Å². The number of likely N-dealkylation sites (N-methyl/N-ethyl adjacent to an activating group) is 1. The van der Waals surface area contributed by atoms with Gasteiger partial charge in [-0.25, -0.2) is 0 Å². The molecule has 1 atom stereocenters. The van der Waals surface area contributed by atoms with Gasteiger partial charge in [0.15, 0.2) is 0 Å². The Morgan fingerprint density at radius 1 is 1.67 bits per heavy atom. The zero-order chi connectivity index (χ0) is 11.0. The van der Waals surface area contributed by atoms with Crippen molar-refractivity contribution >= 4 is 5.91 Å². The summed E-state index contributed by atoms with van der Waals surface area (Å²) in [6.45, 7) is 4.06. The summed E-state index contributed by atoms with van der Waals surface area (Å²) in [6, 6.07) is 1.90. The van der Waals surface area contributed by atoms with Gasteiger partial charge in [0.1, 0.15) is 0 Å². The first-order chi connectivity index (χ1) is 7.08. The number of aromatic nitrogens is 1. The standard InChI is InChI=1S/C11H17N3O/c1-7-9(11(12)15)5-10(13-7)8-3-4-14(2)6-8/h5,8,13H,3-4,6H2,1-2H3,(H2,12,15). The zero-order valence-corrected chi connectivity index (χ0v) is 9.21. The molecule has 0 spiro atoms. The number of aromatic amines is 1. The van der Waals surface area contributed by atoms with Crippen LogP contribution in [0.2, 0.25) is 0 Å². The average molecular weight is 207 g/mol. The minimum absolute atomic E-state index is 0.346. The number of hydrogen-bond donors (Lipinski definition) is 2. The number of carbonyl (C=O) groups is 1. The van der Waals surface area contributed by atoms with Gasteiger partial charge in [-0.3, -0.25) is 4.79 Å². The number of primary amides is 1. The lowest BCUT2D eigenvalue weighted by atomic mass is 10.0. The van der Waals surface area contributed by atoms with Gasteiger partial charge in [-0.2, -0.15) is 0 Å². The second-order valence-electron chi connectivity index (χ2n) is 4.38. The minimum Gasteiger partial charge on any atom is -0.366 e. The third kappa shape index (κ3) is 1.90. The van der Waals surface area contributed by atoms with Crippen LogP contribution in [0.5, 0.6) is 0 Å². The van der Waals surface area contributed by atoms with E-state index in [1.54, 1.807) is 0 Å². The molecule has 1 aliphatic rings. The SMILES string of the molecule is Cc1[nH]c(C2CCN(C)C2)cc1C(N)=O. The molecule has 1 aromatic rings.